The highest BCUT2D eigenvalue weighted by molar-refractivity contribution is 7.11. The molecule has 1 aliphatic rings. The van der Waals surface area contributed by atoms with Gasteiger partial charge in [0, 0.05) is 30.2 Å². The van der Waals surface area contributed by atoms with Gasteiger partial charge in [0.15, 0.2) is 0 Å². The summed E-state index contributed by atoms with van der Waals surface area (Å²) in [7, 11) is 0. The topological polar surface area (TPSA) is 28.2 Å². The molecule has 1 aromatic rings. The van der Waals surface area contributed by atoms with Gasteiger partial charge in [-0.15, -0.1) is 11.3 Å². The Morgan fingerprint density at radius 2 is 2.25 bits per heavy atom. The average molecular weight is 295 g/mol. The molecule has 114 valence electrons. The number of nitrogens with one attached hydrogen (secondary N) is 1. The summed E-state index contributed by atoms with van der Waals surface area (Å²) in [5.74, 6) is 0.759. The maximum Gasteiger partial charge on any atom is 0.110 e. The molecule has 0 aromatic carbocycles. The van der Waals surface area contributed by atoms with Crippen molar-refractivity contribution in [3.8, 4) is 0 Å². The smallest absolute Gasteiger partial charge is 0.110 e. The van der Waals surface area contributed by atoms with E-state index in [2.05, 4.69) is 49.1 Å². The van der Waals surface area contributed by atoms with Crippen molar-refractivity contribution in [1.29, 1.82) is 0 Å². The highest BCUT2D eigenvalue weighted by Gasteiger charge is 2.24. The lowest BCUT2D eigenvalue weighted by Crippen LogP contribution is -2.39. The highest BCUT2D eigenvalue weighted by atomic mass is 32.1. The molecule has 20 heavy (non-hydrogen) atoms. The molecule has 0 aliphatic carbocycles. The molecule has 4 heteroatoms. The molecular formula is C16H29N3S. The minimum absolute atomic E-state index is 0.454. The molecule has 1 aromatic heterocycles. The summed E-state index contributed by atoms with van der Waals surface area (Å²) in [4.78, 5) is 8.65. The van der Waals surface area contributed by atoms with Crippen molar-refractivity contribution < 1.29 is 0 Å². The van der Waals surface area contributed by atoms with Crippen molar-refractivity contribution in [1.82, 2.24) is 15.2 Å². The summed E-state index contributed by atoms with van der Waals surface area (Å²) < 4.78 is 0. The molecule has 1 saturated heterocycles. The molecule has 2 atom stereocenters. The maximum absolute atomic E-state index is 4.64. The summed E-state index contributed by atoms with van der Waals surface area (Å²) in [6.45, 7) is 12.6. The predicted molar refractivity (Wildman–Crippen MR) is 87.3 cm³/mol. The second kappa shape index (κ2) is 7.53. The zero-order valence-corrected chi connectivity index (χ0v) is 14.2. The average Bonchev–Trinajstić information content (AvgIpc) is 2.78. The van der Waals surface area contributed by atoms with Crippen LogP contribution >= 0.6 is 11.3 Å². The Balaban J connectivity index is 2.01. The Labute approximate surface area is 127 Å². The maximum atomic E-state index is 4.64. The molecule has 1 fully saturated rings. The standard InChI is InChI=1S/C16H29N3S/c1-5-15-10-18-16(20-15)13(4)19-8-6-7-17-14(11-19)9-12(2)3/h10,12-14,17H,5-9,11H2,1-4H3. The van der Waals surface area contributed by atoms with Crippen molar-refractivity contribution in [2.75, 3.05) is 19.6 Å². The summed E-state index contributed by atoms with van der Waals surface area (Å²) in [6.07, 6.45) is 5.66. The molecule has 2 heterocycles. The van der Waals surface area contributed by atoms with Gasteiger partial charge in [0.05, 0.1) is 6.04 Å². The van der Waals surface area contributed by atoms with Crippen LogP contribution in [0.3, 0.4) is 0 Å². The van der Waals surface area contributed by atoms with E-state index in [9.17, 15) is 0 Å². The van der Waals surface area contributed by atoms with Crippen molar-refractivity contribution >= 4 is 11.3 Å². The van der Waals surface area contributed by atoms with Gasteiger partial charge in [0.2, 0.25) is 0 Å². The van der Waals surface area contributed by atoms with Crippen LogP contribution in [-0.4, -0.2) is 35.6 Å². The summed E-state index contributed by atoms with van der Waals surface area (Å²) >= 11 is 1.88. The van der Waals surface area contributed by atoms with Gasteiger partial charge in [-0.2, -0.15) is 0 Å². The van der Waals surface area contributed by atoms with Crippen LogP contribution in [0.25, 0.3) is 0 Å². The van der Waals surface area contributed by atoms with Crippen molar-refractivity contribution in [2.24, 2.45) is 5.92 Å². The van der Waals surface area contributed by atoms with Crippen LogP contribution in [0.1, 0.15) is 56.5 Å². The van der Waals surface area contributed by atoms with Gasteiger partial charge in [-0.25, -0.2) is 4.98 Å². The van der Waals surface area contributed by atoms with E-state index >= 15 is 0 Å². The normalized spacial score (nSPS) is 22.9. The van der Waals surface area contributed by atoms with E-state index in [1.807, 2.05) is 11.3 Å². The molecule has 0 spiro atoms. The molecule has 2 unspecified atom stereocenters. The summed E-state index contributed by atoms with van der Waals surface area (Å²) in [6, 6.07) is 1.08. The van der Waals surface area contributed by atoms with Gasteiger partial charge in [-0.3, -0.25) is 4.90 Å². The second-order valence-corrected chi connectivity index (χ2v) is 7.47. The Bertz CT molecular complexity index is 402. The molecular weight excluding hydrogens is 266 g/mol. The number of thiazole rings is 1. The zero-order chi connectivity index (χ0) is 14.5. The van der Waals surface area contributed by atoms with Gasteiger partial charge < -0.3 is 5.32 Å². The van der Waals surface area contributed by atoms with Crippen LogP contribution in [-0.2, 0) is 6.42 Å². The molecule has 0 amide bonds. The number of aromatic nitrogens is 1. The fraction of sp³-hybridized carbons (Fsp3) is 0.812. The van der Waals surface area contributed by atoms with Crippen LogP contribution in [0.4, 0.5) is 0 Å². The zero-order valence-electron chi connectivity index (χ0n) is 13.4. The summed E-state index contributed by atoms with van der Waals surface area (Å²) in [5, 5.41) is 4.99. The molecule has 0 bridgehead atoms. The highest BCUT2D eigenvalue weighted by Crippen LogP contribution is 2.26. The van der Waals surface area contributed by atoms with E-state index in [0.717, 1.165) is 25.4 Å². The van der Waals surface area contributed by atoms with Gasteiger partial charge in [0.25, 0.3) is 0 Å². The third kappa shape index (κ3) is 4.27. The molecule has 1 aliphatic heterocycles. The lowest BCUT2D eigenvalue weighted by atomic mass is 10.0. The van der Waals surface area contributed by atoms with E-state index in [-0.39, 0.29) is 0 Å². The Morgan fingerprint density at radius 3 is 2.90 bits per heavy atom. The minimum Gasteiger partial charge on any atom is -0.313 e. The Hall–Kier alpha value is -0.450. The van der Waals surface area contributed by atoms with E-state index in [1.54, 1.807) is 0 Å². The van der Waals surface area contributed by atoms with Crippen molar-refractivity contribution in [3.63, 3.8) is 0 Å². The van der Waals surface area contributed by atoms with Crippen LogP contribution in [0, 0.1) is 5.92 Å². The van der Waals surface area contributed by atoms with Crippen molar-refractivity contribution in [3.05, 3.63) is 16.1 Å². The minimum atomic E-state index is 0.454. The lowest BCUT2D eigenvalue weighted by molar-refractivity contribution is 0.199. The lowest BCUT2D eigenvalue weighted by Gasteiger charge is -2.29. The Kier molecular flexibility index (Phi) is 6.00. The van der Waals surface area contributed by atoms with Gasteiger partial charge >= 0.3 is 0 Å². The van der Waals surface area contributed by atoms with Gasteiger partial charge in [0.1, 0.15) is 5.01 Å². The fourth-order valence-corrected chi connectivity index (χ4v) is 3.88. The van der Waals surface area contributed by atoms with Crippen LogP contribution < -0.4 is 5.32 Å². The van der Waals surface area contributed by atoms with Crippen molar-refractivity contribution in [2.45, 2.75) is 59.0 Å². The van der Waals surface area contributed by atoms with E-state index in [1.165, 1.54) is 29.3 Å². The third-order valence-corrected chi connectivity index (χ3v) is 5.40. The van der Waals surface area contributed by atoms with Gasteiger partial charge in [-0.1, -0.05) is 20.8 Å². The number of aryl methyl sites for hydroxylation is 1. The molecule has 0 radical (unpaired) electrons. The van der Waals surface area contributed by atoms with E-state index < -0.39 is 0 Å². The second-order valence-electron chi connectivity index (χ2n) is 6.32. The molecule has 0 saturated carbocycles. The van der Waals surface area contributed by atoms with Gasteiger partial charge in [-0.05, 0) is 38.6 Å². The van der Waals surface area contributed by atoms with Crippen LogP contribution in [0.5, 0.6) is 0 Å². The molecule has 2 rings (SSSR count). The van der Waals surface area contributed by atoms with Crippen LogP contribution in [0.2, 0.25) is 0 Å². The largest absolute Gasteiger partial charge is 0.313 e. The Morgan fingerprint density at radius 1 is 1.45 bits per heavy atom. The number of nitrogens with zero attached hydrogens (tertiary/aromatic N) is 2. The number of hydrogen-bond acceptors (Lipinski definition) is 4. The number of hydrogen-bond donors (Lipinski definition) is 1. The predicted octanol–water partition coefficient (Wildman–Crippen LogP) is 3.48. The SMILES string of the molecule is CCc1cnc(C(C)N2CCCNC(CC(C)C)C2)s1. The first-order valence-electron chi connectivity index (χ1n) is 8.02. The first kappa shape index (κ1) is 15.9. The van der Waals surface area contributed by atoms with Crippen LogP contribution in [0.15, 0.2) is 6.20 Å². The quantitative estimate of drug-likeness (QED) is 0.901. The first-order valence-corrected chi connectivity index (χ1v) is 8.83. The fourth-order valence-electron chi connectivity index (χ4n) is 2.94. The molecule has 3 nitrogen and oxygen atoms in total. The summed E-state index contributed by atoms with van der Waals surface area (Å²) in [5.41, 5.74) is 0. The number of rotatable bonds is 5. The monoisotopic (exact) mass is 295 g/mol. The third-order valence-electron chi connectivity index (χ3n) is 4.09. The molecule has 1 N–H and O–H groups in total. The van der Waals surface area contributed by atoms with E-state index in [4.69, 9.17) is 0 Å². The van der Waals surface area contributed by atoms with E-state index in [0.29, 0.717) is 12.1 Å². The first-order chi connectivity index (χ1) is 9.60.